The molecule has 3 heteroatoms. The highest BCUT2D eigenvalue weighted by Crippen LogP contribution is 2.20. The van der Waals surface area contributed by atoms with Crippen molar-refractivity contribution in [2.75, 3.05) is 6.54 Å². The van der Waals surface area contributed by atoms with Crippen LogP contribution >= 0.6 is 0 Å². The first-order valence-electron chi connectivity index (χ1n) is 10.6. The maximum atomic E-state index is 11.1. The largest absolute Gasteiger partial charge is 0.370 e. The highest BCUT2D eigenvalue weighted by atomic mass is 16.1. The van der Waals surface area contributed by atoms with Crippen LogP contribution in [0.5, 0.6) is 0 Å². The minimum absolute atomic E-state index is 0.659. The average Bonchev–Trinajstić information content (AvgIpc) is 2.62. The predicted octanol–water partition coefficient (Wildman–Crippen LogP) is 6.60. The summed E-state index contributed by atoms with van der Waals surface area (Å²) in [7, 11) is 0. The van der Waals surface area contributed by atoms with E-state index in [1.165, 1.54) is 56.9 Å². The predicted molar refractivity (Wildman–Crippen MR) is 116 cm³/mol. The van der Waals surface area contributed by atoms with Crippen LogP contribution in [-0.4, -0.2) is 19.0 Å². The monoisotopic (exact) mass is 362 g/mol. The fourth-order valence-electron chi connectivity index (χ4n) is 3.01. The Morgan fingerprint density at radius 1 is 0.962 bits per heavy atom. The van der Waals surface area contributed by atoms with Crippen LogP contribution in [0.1, 0.15) is 99.3 Å². The summed E-state index contributed by atoms with van der Waals surface area (Å²) in [6, 6.07) is 0. The Hall–Kier alpha value is -1.38. The second-order valence-corrected chi connectivity index (χ2v) is 7.53. The van der Waals surface area contributed by atoms with Gasteiger partial charge in [-0.2, -0.15) is 0 Å². The molecule has 0 bridgehead atoms. The lowest BCUT2D eigenvalue weighted by Gasteiger charge is -2.17. The van der Waals surface area contributed by atoms with E-state index in [0.717, 1.165) is 36.6 Å². The number of nitrogens with one attached hydrogen (secondary N) is 1. The topological polar surface area (TPSA) is 41.5 Å². The van der Waals surface area contributed by atoms with Gasteiger partial charge in [-0.05, 0) is 51.5 Å². The van der Waals surface area contributed by atoms with Crippen LogP contribution in [0.15, 0.2) is 27.5 Å². The molecule has 0 aliphatic rings. The summed E-state index contributed by atoms with van der Waals surface area (Å²) >= 11 is 0. The molecule has 3 nitrogen and oxygen atoms in total. The molecule has 0 aromatic heterocycles. The molecule has 0 fully saturated rings. The van der Waals surface area contributed by atoms with Crippen LogP contribution in [0.2, 0.25) is 0 Å². The number of nitrogens with zero attached hydrogens (tertiary/aromatic N) is 1. The Morgan fingerprint density at radius 3 is 2.19 bits per heavy atom. The lowest BCUT2D eigenvalue weighted by molar-refractivity contribution is -0.104. The zero-order chi connectivity index (χ0) is 19.8. The van der Waals surface area contributed by atoms with Gasteiger partial charge in [0.15, 0.2) is 6.29 Å². The van der Waals surface area contributed by atoms with Gasteiger partial charge in [0.2, 0.25) is 0 Å². The van der Waals surface area contributed by atoms with Gasteiger partial charge in [0, 0.05) is 18.3 Å². The van der Waals surface area contributed by atoms with Gasteiger partial charge in [-0.15, -0.1) is 0 Å². The van der Waals surface area contributed by atoms with Crippen molar-refractivity contribution in [3.05, 3.63) is 22.5 Å². The smallest absolute Gasteiger partial charge is 0.151 e. The molecular formula is C23H42N2O. The van der Waals surface area contributed by atoms with Crippen molar-refractivity contribution in [3.8, 4) is 0 Å². The number of rotatable bonds is 15. The fourth-order valence-corrected chi connectivity index (χ4v) is 3.01. The van der Waals surface area contributed by atoms with Gasteiger partial charge in [-0.1, -0.05) is 64.9 Å². The maximum absolute atomic E-state index is 11.1. The van der Waals surface area contributed by atoms with E-state index in [1.54, 1.807) is 6.21 Å². The van der Waals surface area contributed by atoms with Gasteiger partial charge in [0.1, 0.15) is 5.82 Å². The standard InChI is InChI=1S/C23H42N2O/c1-7-10-11-14-21(13-8-2)15-12-16-24-23(20(6)9-3)25-17-22(18-26)19(4)5/h17-18,21,24H,7-16H2,1-6H3/b23-20-,25-17?. The van der Waals surface area contributed by atoms with E-state index in [-0.39, 0.29) is 0 Å². The summed E-state index contributed by atoms with van der Waals surface area (Å²) in [5.74, 6) is 1.79. The van der Waals surface area contributed by atoms with Gasteiger partial charge in [-0.3, -0.25) is 4.79 Å². The summed E-state index contributed by atoms with van der Waals surface area (Å²) in [6.45, 7) is 13.6. The zero-order valence-electron chi connectivity index (χ0n) is 18.2. The maximum Gasteiger partial charge on any atom is 0.151 e. The van der Waals surface area contributed by atoms with E-state index >= 15 is 0 Å². The zero-order valence-corrected chi connectivity index (χ0v) is 18.2. The molecule has 0 radical (unpaired) electrons. The number of unbranched alkanes of at least 4 members (excludes halogenated alkanes) is 2. The summed E-state index contributed by atoms with van der Waals surface area (Å²) in [5, 5.41) is 3.50. The molecule has 0 heterocycles. The molecule has 0 saturated carbocycles. The Labute approximate surface area is 162 Å². The first-order chi connectivity index (χ1) is 12.5. The number of hydrogen-bond acceptors (Lipinski definition) is 3. The third-order valence-corrected chi connectivity index (χ3v) is 4.97. The van der Waals surface area contributed by atoms with Crippen molar-refractivity contribution in [3.63, 3.8) is 0 Å². The van der Waals surface area contributed by atoms with Gasteiger partial charge in [0.25, 0.3) is 0 Å². The average molecular weight is 363 g/mol. The molecular weight excluding hydrogens is 320 g/mol. The van der Waals surface area contributed by atoms with Crippen molar-refractivity contribution in [1.82, 2.24) is 5.32 Å². The van der Waals surface area contributed by atoms with E-state index < -0.39 is 0 Å². The molecule has 0 saturated heterocycles. The highest BCUT2D eigenvalue weighted by molar-refractivity contribution is 6.02. The minimum atomic E-state index is 0.659. The number of allylic oxidation sites excluding steroid dienone is 3. The quantitative estimate of drug-likeness (QED) is 0.154. The molecule has 0 amide bonds. The van der Waals surface area contributed by atoms with Gasteiger partial charge in [-0.25, -0.2) is 4.99 Å². The second kappa shape index (κ2) is 15.8. The van der Waals surface area contributed by atoms with Crippen molar-refractivity contribution in [1.29, 1.82) is 0 Å². The third kappa shape index (κ3) is 11.3. The highest BCUT2D eigenvalue weighted by Gasteiger charge is 2.08. The third-order valence-electron chi connectivity index (χ3n) is 4.97. The number of carbonyl (C=O) groups excluding carboxylic acids is 1. The van der Waals surface area contributed by atoms with Gasteiger partial charge in [0.05, 0.1) is 0 Å². The Bertz CT molecular complexity index is 471. The molecule has 1 unspecified atom stereocenters. The van der Waals surface area contributed by atoms with Crippen LogP contribution in [0, 0.1) is 5.92 Å². The molecule has 0 aromatic rings. The number of aliphatic imine (C=N–C) groups is 1. The number of hydrogen-bond donors (Lipinski definition) is 1. The van der Waals surface area contributed by atoms with E-state index in [4.69, 9.17) is 0 Å². The molecule has 0 rings (SSSR count). The molecule has 0 aromatic carbocycles. The van der Waals surface area contributed by atoms with Crippen LogP contribution in [-0.2, 0) is 4.79 Å². The molecule has 26 heavy (non-hydrogen) atoms. The van der Waals surface area contributed by atoms with Crippen LogP contribution in [0.4, 0.5) is 0 Å². The molecule has 150 valence electrons. The SMILES string of the molecule is CCCCCC(CCC)CCCN/C(N=CC(C=O)=C(C)C)=C(\C)CC. The van der Waals surface area contributed by atoms with Crippen LogP contribution < -0.4 is 5.32 Å². The Kier molecular flexibility index (Phi) is 15.0. The summed E-state index contributed by atoms with van der Waals surface area (Å²) in [6.07, 6.45) is 14.0. The molecule has 0 spiro atoms. The van der Waals surface area contributed by atoms with E-state index in [9.17, 15) is 4.79 Å². The number of carbonyl (C=O) groups is 1. The Balaban J connectivity index is 4.61. The second-order valence-electron chi connectivity index (χ2n) is 7.53. The number of aldehydes is 1. The van der Waals surface area contributed by atoms with Gasteiger partial charge >= 0.3 is 0 Å². The van der Waals surface area contributed by atoms with Crippen LogP contribution in [0.25, 0.3) is 0 Å². The van der Waals surface area contributed by atoms with Crippen molar-refractivity contribution >= 4 is 12.5 Å². The first-order valence-corrected chi connectivity index (χ1v) is 10.6. The van der Waals surface area contributed by atoms with Crippen molar-refractivity contribution in [2.45, 2.75) is 99.3 Å². The summed E-state index contributed by atoms with van der Waals surface area (Å²) in [5.41, 5.74) is 2.88. The molecule has 0 aliphatic heterocycles. The summed E-state index contributed by atoms with van der Waals surface area (Å²) in [4.78, 5) is 15.7. The van der Waals surface area contributed by atoms with Crippen molar-refractivity contribution in [2.24, 2.45) is 10.9 Å². The first kappa shape index (κ1) is 24.6. The molecule has 0 aliphatic carbocycles. The van der Waals surface area contributed by atoms with Gasteiger partial charge < -0.3 is 5.32 Å². The normalized spacial score (nSPS) is 13.5. The summed E-state index contributed by atoms with van der Waals surface area (Å²) < 4.78 is 0. The molecule has 1 atom stereocenters. The van der Waals surface area contributed by atoms with E-state index in [0.29, 0.717) is 5.57 Å². The fraction of sp³-hybridized carbons (Fsp3) is 0.739. The minimum Gasteiger partial charge on any atom is -0.370 e. The van der Waals surface area contributed by atoms with Crippen LogP contribution in [0.3, 0.4) is 0 Å². The van der Waals surface area contributed by atoms with E-state index in [1.807, 2.05) is 13.8 Å². The van der Waals surface area contributed by atoms with Crippen molar-refractivity contribution < 1.29 is 4.79 Å². The lowest BCUT2D eigenvalue weighted by Crippen LogP contribution is -2.16. The lowest BCUT2D eigenvalue weighted by atomic mass is 9.92. The Morgan fingerprint density at radius 2 is 1.65 bits per heavy atom. The van der Waals surface area contributed by atoms with E-state index in [2.05, 4.69) is 38.0 Å². The molecule has 1 N–H and O–H groups in total.